The largest absolute Gasteiger partial charge is 0.387 e. The van der Waals surface area contributed by atoms with Gasteiger partial charge < -0.3 is 10.6 Å². The highest BCUT2D eigenvalue weighted by atomic mass is 14.8. The van der Waals surface area contributed by atoms with Crippen LogP contribution < -0.4 is 10.6 Å². The SMILES string of the molecule is C1=CCNC=C1.C1=CCNC=C1. The topological polar surface area (TPSA) is 24.1 Å². The van der Waals surface area contributed by atoms with Crippen molar-refractivity contribution in [1.82, 2.24) is 10.6 Å². The van der Waals surface area contributed by atoms with E-state index in [0.29, 0.717) is 0 Å². The molecule has 2 heteroatoms. The van der Waals surface area contributed by atoms with E-state index in [2.05, 4.69) is 22.8 Å². The van der Waals surface area contributed by atoms with E-state index in [-0.39, 0.29) is 0 Å². The maximum atomic E-state index is 3.02. The third-order valence-electron chi connectivity index (χ3n) is 1.39. The fourth-order valence-electron chi connectivity index (χ4n) is 0.813. The lowest BCUT2D eigenvalue weighted by molar-refractivity contribution is 0.972. The Morgan fingerprint density at radius 3 is 1.25 bits per heavy atom. The average molecular weight is 162 g/mol. The fourth-order valence-corrected chi connectivity index (χ4v) is 0.813. The minimum atomic E-state index is 0.983. The highest BCUT2D eigenvalue weighted by Crippen LogP contribution is 1.79. The zero-order chi connectivity index (χ0) is 8.49. The number of rotatable bonds is 0. The molecule has 64 valence electrons. The van der Waals surface area contributed by atoms with Gasteiger partial charge in [-0.1, -0.05) is 24.3 Å². The summed E-state index contributed by atoms with van der Waals surface area (Å²) in [5.41, 5.74) is 0. The molecule has 12 heavy (non-hydrogen) atoms. The van der Waals surface area contributed by atoms with E-state index in [4.69, 9.17) is 0 Å². The van der Waals surface area contributed by atoms with E-state index in [1.54, 1.807) is 0 Å². The summed E-state index contributed by atoms with van der Waals surface area (Å²) in [5, 5.41) is 6.03. The molecule has 0 spiro atoms. The minimum absolute atomic E-state index is 0.983. The molecule has 2 nitrogen and oxygen atoms in total. The van der Waals surface area contributed by atoms with Gasteiger partial charge >= 0.3 is 0 Å². The molecular weight excluding hydrogens is 148 g/mol. The van der Waals surface area contributed by atoms with Gasteiger partial charge in [-0.3, -0.25) is 0 Å². The van der Waals surface area contributed by atoms with Crippen LogP contribution in [0.3, 0.4) is 0 Å². The van der Waals surface area contributed by atoms with Crippen molar-refractivity contribution >= 4 is 0 Å². The second kappa shape index (κ2) is 6.28. The Morgan fingerprint density at radius 1 is 0.667 bits per heavy atom. The first kappa shape index (κ1) is 8.65. The van der Waals surface area contributed by atoms with Crippen molar-refractivity contribution < 1.29 is 0 Å². The van der Waals surface area contributed by atoms with Crippen LogP contribution in [0.2, 0.25) is 0 Å². The highest BCUT2D eigenvalue weighted by Gasteiger charge is 1.74. The number of hydrogen-bond acceptors (Lipinski definition) is 2. The quantitative estimate of drug-likeness (QED) is 0.561. The van der Waals surface area contributed by atoms with Crippen LogP contribution in [0.4, 0.5) is 0 Å². The van der Waals surface area contributed by atoms with Crippen molar-refractivity contribution in [3.05, 3.63) is 48.9 Å². The van der Waals surface area contributed by atoms with Gasteiger partial charge in [-0.05, 0) is 24.6 Å². The van der Waals surface area contributed by atoms with Crippen molar-refractivity contribution in [2.75, 3.05) is 13.1 Å². The van der Waals surface area contributed by atoms with E-state index >= 15 is 0 Å². The van der Waals surface area contributed by atoms with Gasteiger partial charge in [0.1, 0.15) is 0 Å². The van der Waals surface area contributed by atoms with Gasteiger partial charge in [-0.25, -0.2) is 0 Å². The molecule has 0 saturated carbocycles. The van der Waals surface area contributed by atoms with Crippen LogP contribution in [0.15, 0.2) is 48.9 Å². The summed E-state index contributed by atoms with van der Waals surface area (Å²) >= 11 is 0. The molecule has 0 aliphatic carbocycles. The molecule has 0 aromatic carbocycles. The molecule has 0 aromatic rings. The van der Waals surface area contributed by atoms with Gasteiger partial charge in [0.25, 0.3) is 0 Å². The van der Waals surface area contributed by atoms with Crippen molar-refractivity contribution in [3.63, 3.8) is 0 Å². The lowest BCUT2D eigenvalue weighted by atomic mass is 10.4. The smallest absolute Gasteiger partial charge is 0.0328 e. The van der Waals surface area contributed by atoms with Crippen LogP contribution in [0.5, 0.6) is 0 Å². The summed E-state index contributed by atoms with van der Waals surface area (Å²) in [6.07, 6.45) is 16.0. The van der Waals surface area contributed by atoms with E-state index < -0.39 is 0 Å². The first-order valence-electron chi connectivity index (χ1n) is 4.10. The summed E-state index contributed by atoms with van der Waals surface area (Å²) in [6, 6.07) is 0. The van der Waals surface area contributed by atoms with Gasteiger partial charge in [0.2, 0.25) is 0 Å². The van der Waals surface area contributed by atoms with Crippen molar-refractivity contribution in [3.8, 4) is 0 Å². The van der Waals surface area contributed by atoms with E-state index in [0.717, 1.165) is 13.1 Å². The maximum absolute atomic E-state index is 3.02. The molecule has 2 N–H and O–H groups in total. The Labute approximate surface area is 73.4 Å². The Hall–Kier alpha value is -1.44. The molecule has 2 aliphatic rings. The molecule has 0 saturated heterocycles. The van der Waals surface area contributed by atoms with Crippen LogP contribution in [0.25, 0.3) is 0 Å². The maximum Gasteiger partial charge on any atom is 0.0328 e. The van der Waals surface area contributed by atoms with E-state index in [1.165, 1.54) is 0 Å². The summed E-state index contributed by atoms with van der Waals surface area (Å²) in [6.45, 7) is 1.97. The zero-order valence-electron chi connectivity index (χ0n) is 7.03. The Morgan fingerprint density at radius 2 is 1.17 bits per heavy atom. The molecule has 0 unspecified atom stereocenters. The molecular formula is C10H14N2. The van der Waals surface area contributed by atoms with Crippen molar-refractivity contribution in [2.24, 2.45) is 0 Å². The van der Waals surface area contributed by atoms with Crippen LogP contribution in [-0.2, 0) is 0 Å². The van der Waals surface area contributed by atoms with Crippen molar-refractivity contribution in [1.29, 1.82) is 0 Å². The third kappa shape index (κ3) is 4.39. The molecule has 0 atom stereocenters. The van der Waals surface area contributed by atoms with Crippen LogP contribution in [0.1, 0.15) is 0 Å². The number of allylic oxidation sites excluding steroid dienone is 4. The van der Waals surface area contributed by atoms with Gasteiger partial charge in [0.15, 0.2) is 0 Å². The molecule has 0 radical (unpaired) electrons. The first-order valence-corrected chi connectivity index (χ1v) is 4.10. The Balaban J connectivity index is 0.000000120. The second-order valence-corrected chi connectivity index (χ2v) is 2.39. The zero-order valence-corrected chi connectivity index (χ0v) is 7.03. The highest BCUT2D eigenvalue weighted by molar-refractivity contribution is 5.07. The predicted octanol–water partition coefficient (Wildman–Crippen LogP) is 1.32. The van der Waals surface area contributed by atoms with Crippen LogP contribution >= 0.6 is 0 Å². The van der Waals surface area contributed by atoms with E-state index in [1.807, 2.05) is 36.7 Å². The van der Waals surface area contributed by atoms with Gasteiger partial charge in [0.05, 0.1) is 0 Å². The summed E-state index contributed by atoms with van der Waals surface area (Å²) in [7, 11) is 0. The number of hydrogen-bond donors (Lipinski definition) is 2. The number of dihydropyridines is 2. The minimum Gasteiger partial charge on any atom is -0.387 e. The molecule has 2 aliphatic heterocycles. The fraction of sp³-hybridized carbons (Fsp3) is 0.200. The van der Waals surface area contributed by atoms with Crippen LogP contribution in [-0.4, -0.2) is 13.1 Å². The molecule has 2 heterocycles. The van der Waals surface area contributed by atoms with E-state index in [9.17, 15) is 0 Å². The first-order chi connectivity index (χ1) is 6.00. The molecule has 0 aromatic heterocycles. The van der Waals surface area contributed by atoms with Gasteiger partial charge in [-0.15, -0.1) is 0 Å². The lowest BCUT2D eigenvalue weighted by Gasteiger charge is -1.94. The molecule has 0 amide bonds. The average Bonchev–Trinajstić information content (AvgIpc) is 2.24. The van der Waals surface area contributed by atoms with Crippen LogP contribution in [0, 0.1) is 0 Å². The summed E-state index contributed by atoms with van der Waals surface area (Å²) in [4.78, 5) is 0. The standard InChI is InChI=1S/2C5H7N/c2*1-2-4-6-5-3-1/h2*1-4,6H,5H2. The normalized spacial score (nSPS) is 17.3. The molecule has 2 rings (SSSR count). The van der Waals surface area contributed by atoms with Gasteiger partial charge in [-0.2, -0.15) is 0 Å². The lowest BCUT2D eigenvalue weighted by Crippen LogP contribution is -2.05. The molecule has 0 bridgehead atoms. The second-order valence-electron chi connectivity index (χ2n) is 2.39. The van der Waals surface area contributed by atoms with Crippen molar-refractivity contribution in [2.45, 2.75) is 0 Å². The predicted molar refractivity (Wildman–Crippen MR) is 52.6 cm³/mol. The Bertz CT molecular complexity index is 164. The monoisotopic (exact) mass is 162 g/mol. The summed E-state index contributed by atoms with van der Waals surface area (Å²) < 4.78 is 0. The molecule has 0 fully saturated rings. The number of nitrogens with one attached hydrogen (secondary N) is 2. The summed E-state index contributed by atoms with van der Waals surface area (Å²) in [5.74, 6) is 0. The van der Waals surface area contributed by atoms with Gasteiger partial charge in [0, 0.05) is 13.1 Å². The Kier molecular flexibility index (Phi) is 4.53. The third-order valence-corrected chi connectivity index (χ3v) is 1.39.